The molecule has 0 N–H and O–H groups in total. The van der Waals surface area contributed by atoms with Crippen molar-refractivity contribution in [1.29, 1.82) is 0 Å². The van der Waals surface area contributed by atoms with Crippen molar-refractivity contribution in [2.45, 2.75) is 0 Å². The molecule has 0 spiro atoms. The van der Waals surface area contributed by atoms with E-state index in [-0.39, 0.29) is 0 Å². The fraction of sp³-hybridized carbons (Fsp3) is 0. The van der Waals surface area contributed by atoms with E-state index in [0.29, 0.717) is 0 Å². The van der Waals surface area contributed by atoms with Gasteiger partial charge in [-0.3, -0.25) is 0 Å². The lowest BCUT2D eigenvalue weighted by Crippen LogP contribution is -2.11. The standard InChI is InChI=1S/C56H35NO2/c1-2-15-39-35-54-51(34-38(39)14-1)50-26-12-24-48(56(50)59-54)46-20-5-7-27-52(46)57(42-18-9-17-40(33-42)44-22-10-16-36-13-3-4-19-43(36)44)41-31-29-37(30-32-41)45-23-11-25-49-47-21-6-8-28-53(47)58-55(45)49/h1-35H. The molecule has 2 aromatic heterocycles. The van der Waals surface area contributed by atoms with Crippen LogP contribution in [0.4, 0.5) is 17.1 Å². The van der Waals surface area contributed by atoms with Gasteiger partial charge in [0.15, 0.2) is 0 Å². The molecule has 59 heavy (non-hydrogen) atoms. The van der Waals surface area contributed by atoms with Crippen LogP contribution in [0.5, 0.6) is 0 Å². The molecule has 12 aromatic rings. The van der Waals surface area contributed by atoms with E-state index in [2.05, 4.69) is 205 Å². The molecule has 0 amide bonds. The van der Waals surface area contributed by atoms with E-state index >= 15 is 0 Å². The SMILES string of the molecule is c1cc(-c2cccc3ccccc23)cc(N(c2ccc(-c3cccc4c3oc3ccccc34)cc2)c2ccccc2-c2cccc3c2oc2cc4ccccc4cc23)c1. The zero-order valence-corrected chi connectivity index (χ0v) is 32.0. The van der Waals surface area contributed by atoms with Crippen molar-refractivity contribution >= 4 is 82.5 Å². The van der Waals surface area contributed by atoms with Crippen molar-refractivity contribution in [3.05, 3.63) is 212 Å². The molecule has 0 radical (unpaired) electrons. The number of nitrogens with zero attached hydrogens (tertiary/aromatic N) is 1. The van der Waals surface area contributed by atoms with Crippen molar-refractivity contribution in [2.24, 2.45) is 0 Å². The maximum absolute atomic E-state index is 6.80. The van der Waals surface area contributed by atoms with Crippen molar-refractivity contribution in [3.8, 4) is 33.4 Å². The van der Waals surface area contributed by atoms with Crippen LogP contribution < -0.4 is 4.90 Å². The van der Waals surface area contributed by atoms with Crippen molar-refractivity contribution in [1.82, 2.24) is 0 Å². The van der Waals surface area contributed by atoms with E-state index in [1.165, 1.54) is 27.1 Å². The zero-order valence-electron chi connectivity index (χ0n) is 32.0. The summed E-state index contributed by atoms with van der Waals surface area (Å²) in [4.78, 5) is 2.38. The molecule has 0 fully saturated rings. The average Bonchev–Trinajstić information content (AvgIpc) is 3.87. The maximum atomic E-state index is 6.80. The van der Waals surface area contributed by atoms with Crippen LogP contribution in [0.25, 0.3) is 98.8 Å². The van der Waals surface area contributed by atoms with Crippen LogP contribution in [0.2, 0.25) is 0 Å². The first-order chi connectivity index (χ1) is 29.2. The fourth-order valence-electron chi connectivity index (χ4n) is 9.07. The summed E-state index contributed by atoms with van der Waals surface area (Å²) in [6.07, 6.45) is 0. The first-order valence-corrected chi connectivity index (χ1v) is 20.1. The molecule has 3 heteroatoms. The van der Waals surface area contributed by atoms with Gasteiger partial charge in [0.1, 0.15) is 22.3 Å². The highest BCUT2D eigenvalue weighted by Gasteiger charge is 2.22. The van der Waals surface area contributed by atoms with Crippen LogP contribution in [0, 0.1) is 0 Å². The molecule has 0 saturated carbocycles. The molecule has 0 aliphatic heterocycles. The predicted octanol–water partition coefficient (Wildman–Crippen LogP) is 16.3. The molecule has 3 nitrogen and oxygen atoms in total. The third-order valence-electron chi connectivity index (χ3n) is 11.8. The summed E-state index contributed by atoms with van der Waals surface area (Å²) in [5.74, 6) is 0. The lowest BCUT2D eigenvalue weighted by molar-refractivity contribution is 0.670. The molecule has 0 unspecified atom stereocenters. The van der Waals surface area contributed by atoms with Gasteiger partial charge in [-0.05, 0) is 86.8 Å². The summed E-state index contributed by atoms with van der Waals surface area (Å²) in [6.45, 7) is 0. The van der Waals surface area contributed by atoms with Gasteiger partial charge < -0.3 is 13.7 Å². The molecule has 10 aromatic carbocycles. The van der Waals surface area contributed by atoms with Crippen LogP contribution in [0.3, 0.4) is 0 Å². The van der Waals surface area contributed by atoms with Gasteiger partial charge in [-0.1, -0.05) is 164 Å². The number of fused-ring (bicyclic) bond motifs is 8. The van der Waals surface area contributed by atoms with E-state index in [4.69, 9.17) is 8.83 Å². The molecule has 0 bridgehead atoms. The number of anilines is 3. The second-order valence-electron chi connectivity index (χ2n) is 15.2. The van der Waals surface area contributed by atoms with Gasteiger partial charge in [0.2, 0.25) is 0 Å². The summed E-state index contributed by atoms with van der Waals surface area (Å²) in [6, 6.07) is 75.7. The minimum Gasteiger partial charge on any atom is -0.455 e. The Hall–Kier alpha value is -7.88. The van der Waals surface area contributed by atoms with Crippen molar-refractivity contribution < 1.29 is 8.83 Å². The predicted molar refractivity (Wildman–Crippen MR) is 247 cm³/mol. The third kappa shape index (κ3) is 5.44. The number of rotatable bonds is 6. The van der Waals surface area contributed by atoms with Crippen LogP contribution in [-0.4, -0.2) is 0 Å². The molecule has 0 aliphatic rings. The average molecular weight is 754 g/mol. The molecule has 0 saturated heterocycles. The first kappa shape index (κ1) is 33.3. The second-order valence-corrected chi connectivity index (χ2v) is 15.2. The third-order valence-corrected chi connectivity index (χ3v) is 11.8. The van der Waals surface area contributed by atoms with Gasteiger partial charge >= 0.3 is 0 Å². The monoisotopic (exact) mass is 753 g/mol. The summed E-state index contributed by atoms with van der Waals surface area (Å²) in [7, 11) is 0. The van der Waals surface area contributed by atoms with Crippen LogP contribution in [-0.2, 0) is 0 Å². The smallest absolute Gasteiger partial charge is 0.143 e. The molecular weight excluding hydrogens is 719 g/mol. The zero-order chi connectivity index (χ0) is 38.9. The van der Waals surface area contributed by atoms with E-state index in [1.807, 2.05) is 12.1 Å². The van der Waals surface area contributed by atoms with E-state index in [1.54, 1.807) is 0 Å². The van der Waals surface area contributed by atoms with Crippen LogP contribution in [0.1, 0.15) is 0 Å². The quantitative estimate of drug-likeness (QED) is 0.169. The van der Waals surface area contributed by atoms with Crippen LogP contribution >= 0.6 is 0 Å². The van der Waals surface area contributed by atoms with Gasteiger partial charge in [-0.15, -0.1) is 0 Å². The van der Waals surface area contributed by atoms with E-state index in [9.17, 15) is 0 Å². The van der Waals surface area contributed by atoms with Crippen molar-refractivity contribution in [2.75, 3.05) is 4.90 Å². The topological polar surface area (TPSA) is 29.5 Å². The Morgan fingerprint density at radius 2 is 0.864 bits per heavy atom. The summed E-state index contributed by atoms with van der Waals surface area (Å²) in [5.41, 5.74) is 13.3. The van der Waals surface area contributed by atoms with Crippen LogP contribution in [0.15, 0.2) is 221 Å². The normalized spacial score (nSPS) is 11.7. The van der Waals surface area contributed by atoms with Crippen molar-refractivity contribution in [3.63, 3.8) is 0 Å². The number of hydrogen-bond acceptors (Lipinski definition) is 3. The summed E-state index contributed by atoms with van der Waals surface area (Å²) >= 11 is 0. The highest BCUT2D eigenvalue weighted by Crippen LogP contribution is 2.46. The van der Waals surface area contributed by atoms with Gasteiger partial charge in [0, 0.05) is 49.6 Å². The van der Waals surface area contributed by atoms with Gasteiger partial charge in [0.25, 0.3) is 0 Å². The Kier molecular flexibility index (Phi) is 7.54. The lowest BCUT2D eigenvalue weighted by Gasteiger charge is -2.28. The highest BCUT2D eigenvalue weighted by molar-refractivity contribution is 6.14. The molecular formula is C56H35NO2. The highest BCUT2D eigenvalue weighted by atomic mass is 16.3. The molecule has 0 atom stereocenters. The summed E-state index contributed by atoms with van der Waals surface area (Å²) in [5, 5.41) is 9.29. The van der Waals surface area contributed by atoms with Gasteiger partial charge in [-0.2, -0.15) is 0 Å². The number of para-hydroxylation sites is 4. The number of benzene rings is 10. The molecule has 2 heterocycles. The molecule has 0 aliphatic carbocycles. The fourth-order valence-corrected chi connectivity index (χ4v) is 9.07. The van der Waals surface area contributed by atoms with E-state index < -0.39 is 0 Å². The molecule has 12 rings (SSSR count). The Labute approximate surface area is 340 Å². The Bertz CT molecular complexity index is 3570. The van der Waals surface area contributed by atoms with Gasteiger partial charge in [0.05, 0.1) is 5.69 Å². The minimum atomic E-state index is 0.879. The Morgan fingerprint density at radius 3 is 1.73 bits per heavy atom. The largest absolute Gasteiger partial charge is 0.455 e. The first-order valence-electron chi connectivity index (χ1n) is 20.1. The lowest BCUT2D eigenvalue weighted by atomic mass is 9.96. The van der Waals surface area contributed by atoms with Gasteiger partial charge in [-0.25, -0.2) is 0 Å². The number of hydrogen-bond donors (Lipinski definition) is 0. The minimum absolute atomic E-state index is 0.879. The Balaban J connectivity index is 1.05. The number of furan rings is 2. The molecule has 276 valence electrons. The Morgan fingerprint density at radius 1 is 0.288 bits per heavy atom. The van der Waals surface area contributed by atoms with E-state index in [0.717, 1.165) is 88.8 Å². The second kappa shape index (κ2) is 13.4. The summed E-state index contributed by atoms with van der Waals surface area (Å²) < 4.78 is 13.3. The maximum Gasteiger partial charge on any atom is 0.143 e.